The Kier molecular flexibility index (Phi) is 4.18. The van der Waals surface area contributed by atoms with E-state index >= 15 is 0 Å². The van der Waals surface area contributed by atoms with E-state index in [1.165, 1.54) is 0 Å². The molecule has 3 aromatic rings. The number of hydrogen-bond donors (Lipinski definition) is 0. The van der Waals surface area contributed by atoms with E-state index in [0.29, 0.717) is 5.56 Å². The normalized spacial score (nSPS) is 14.7. The summed E-state index contributed by atoms with van der Waals surface area (Å²) in [5.74, 6) is 0. The minimum Gasteiger partial charge on any atom is -0.377 e. The third-order valence-electron chi connectivity index (χ3n) is 3.13. The number of ether oxygens (including phenoxy) is 2. The van der Waals surface area contributed by atoms with Gasteiger partial charge in [0.1, 0.15) is 6.29 Å². The largest absolute Gasteiger partial charge is 0.377 e. The van der Waals surface area contributed by atoms with Crippen LogP contribution < -0.4 is 0 Å². The summed E-state index contributed by atoms with van der Waals surface area (Å²) < 4.78 is 11.8. The van der Waals surface area contributed by atoms with Crippen molar-refractivity contribution in [3.63, 3.8) is 0 Å². The number of hydrogen-bond acceptors (Lipinski definition) is 5. The molecule has 108 valence electrons. The number of carbonyl (C=O) groups excluding carboxylic acids is 1. The van der Waals surface area contributed by atoms with Crippen LogP contribution in [0, 0.1) is 0 Å². The van der Waals surface area contributed by atoms with E-state index in [9.17, 15) is 4.79 Å². The number of rotatable bonds is 1. The Balaban J connectivity index is 0.000000186. The summed E-state index contributed by atoms with van der Waals surface area (Å²) in [4.78, 5) is 19.1. The van der Waals surface area contributed by atoms with Crippen molar-refractivity contribution in [1.29, 1.82) is 0 Å². The van der Waals surface area contributed by atoms with Crippen molar-refractivity contribution in [2.75, 3.05) is 26.4 Å². The summed E-state index contributed by atoms with van der Waals surface area (Å²) in [5.41, 5.74) is 3.18. The van der Waals surface area contributed by atoms with Crippen molar-refractivity contribution in [2.24, 2.45) is 0 Å². The number of fused-ring (bicyclic) bond motifs is 3. The predicted molar refractivity (Wildman–Crippen MR) is 77.5 cm³/mol. The molecule has 0 spiro atoms. The van der Waals surface area contributed by atoms with Crippen molar-refractivity contribution in [3.8, 4) is 0 Å². The second-order valence-corrected chi connectivity index (χ2v) is 4.50. The minimum atomic E-state index is 0.644. The second kappa shape index (κ2) is 6.43. The Morgan fingerprint density at radius 1 is 1.10 bits per heavy atom. The fourth-order valence-electron chi connectivity index (χ4n) is 2.10. The molecule has 1 aliphatic rings. The van der Waals surface area contributed by atoms with Gasteiger partial charge in [-0.3, -0.25) is 14.2 Å². The molecule has 2 aromatic heterocycles. The lowest BCUT2D eigenvalue weighted by atomic mass is 10.2. The zero-order valence-corrected chi connectivity index (χ0v) is 11.4. The maximum absolute atomic E-state index is 10.7. The number of benzene rings is 1. The number of aromatic nitrogens is 3. The summed E-state index contributed by atoms with van der Waals surface area (Å²) in [6.45, 7) is 3.11. The van der Waals surface area contributed by atoms with Crippen LogP contribution in [0.15, 0.2) is 36.8 Å². The van der Waals surface area contributed by atoms with E-state index in [1.807, 2.05) is 22.7 Å². The maximum Gasteiger partial charge on any atom is 0.155 e. The van der Waals surface area contributed by atoms with Gasteiger partial charge >= 0.3 is 0 Å². The van der Waals surface area contributed by atoms with Crippen LogP contribution in [-0.2, 0) is 9.47 Å². The van der Waals surface area contributed by atoms with Gasteiger partial charge in [0.2, 0.25) is 0 Å². The van der Waals surface area contributed by atoms with Gasteiger partial charge in [-0.25, -0.2) is 4.98 Å². The first-order chi connectivity index (χ1) is 10.4. The molecule has 0 unspecified atom stereocenters. The lowest BCUT2D eigenvalue weighted by molar-refractivity contribution is -0.0334. The Morgan fingerprint density at radius 3 is 2.52 bits per heavy atom. The molecule has 6 nitrogen and oxygen atoms in total. The molecule has 21 heavy (non-hydrogen) atoms. The fourth-order valence-corrected chi connectivity index (χ4v) is 2.10. The minimum absolute atomic E-state index is 0.644. The van der Waals surface area contributed by atoms with E-state index in [1.54, 1.807) is 18.5 Å². The topological polar surface area (TPSA) is 65.7 Å². The summed E-state index contributed by atoms with van der Waals surface area (Å²) in [7, 11) is 0. The zero-order chi connectivity index (χ0) is 14.5. The van der Waals surface area contributed by atoms with Crippen LogP contribution in [0.2, 0.25) is 0 Å². The first-order valence-electron chi connectivity index (χ1n) is 6.71. The maximum atomic E-state index is 10.7. The summed E-state index contributed by atoms with van der Waals surface area (Å²) in [5, 5.41) is 0. The van der Waals surface area contributed by atoms with Gasteiger partial charge in [-0.2, -0.15) is 0 Å². The molecule has 0 N–H and O–H groups in total. The molecule has 1 aliphatic heterocycles. The Bertz CT molecular complexity index is 739. The van der Waals surface area contributed by atoms with Gasteiger partial charge in [-0.1, -0.05) is 0 Å². The molecule has 0 atom stereocenters. The first-order valence-corrected chi connectivity index (χ1v) is 6.71. The van der Waals surface area contributed by atoms with Crippen molar-refractivity contribution in [2.45, 2.75) is 0 Å². The Morgan fingerprint density at radius 2 is 1.86 bits per heavy atom. The van der Waals surface area contributed by atoms with Crippen LogP contribution in [0.25, 0.3) is 16.7 Å². The molecule has 4 rings (SSSR count). The number of carbonyl (C=O) groups is 1. The summed E-state index contributed by atoms with van der Waals surface area (Å²) in [6.07, 6.45) is 6.11. The van der Waals surface area contributed by atoms with Crippen molar-refractivity contribution in [3.05, 3.63) is 42.4 Å². The quantitative estimate of drug-likeness (QED) is 0.637. The van der Waals surface area contributed by atoms with E-state index < -0.39 is 0 Å². The molecule has 0 radical (unpaired) electrons. The van der Waals surface area contributed by atoms with Crippen molar-refractivity contribution < 1.29 is 14.3 Å². The average molecular weight is 285 g/mol. The monoisotopic (exact) mass is 285 g/mol. The van der Waals surface area contributed by atoms with Gasteiger partial charge in [0.05, 0.1) is 43.7 Å². The van der Waals surface area contributed by atoms with Gasteiger partial charge in [0, 0.05) is 18.0 Å². The first kappa shape index (κ1) is 13.7. The highest BCUT2D eigenvalue weighted by atomic mass is 16.6. The fraction of sp³-hybridized carbons (Fsp3) is 0.267. The summed E-state index contributed by atoms with van der Waals surface area (Å²) >= 11 is 0. The highest BCUT2D eigenvalue weighted by molar-refractivity contribution is 5.85. The van der Waals surface area contributed by atoms with Gasteiger partial charge in [0.25, 0.3) is 0 Å². The predicted octanol–water partition coefficient (Wildman–Crippen LogP) is 1.73. The second-order valence-electron chi connectivity index (χ2n) is 4.50. The Hall–Kier alpha value is -2.31. The average Bonchev–Trinajstić information content (AvgIpc) is 3.05. The Labute approximate surface area is 121 Å². The zero-order valence-electron chi connectivity index (χ0n) is 11.4. The van der Waals surface area contributed by atoms with Crippen molar-refractivity contribution >= 4 is 23.0 Å². The molecule has 0 bridgehead atoms. The lowest BCUT2D eigenvalue weighted by Gasteiger charge is -2.09. The van der Waals surface area contributed by atoms with E-state index in [2.05, 4.69) is 9.97 Å². The molecule has 3 heterocycles. The van der Waals surface area contributed by atoms with Crippen LogP contribution in [0.1, 0.15) is 10.4 Å². The number of aldehydes is 1. The van der Waals surface area contributed by atoms with E-state index in [-0.39, 0.29) is 0 Å². The number of imidazole rings is 1. The van der Waals surface area contributed by atoms with Crippen LogP contribution in [-0.4, -0.2) is 47.1 Å². The molecule has 0 amide bonds. The van der Waals surface area contributed by atoms with Crippen LogP contribution in [0.4, 0.5) is 0 Å². The molecule has 1 aromatic carbocycles. The van der Waals surface area contributed by atoms with Gasteiger partial charge < -0.3 is 9.47 Å². The van der Waals surface area contributed by atoms with Crippen molar-refractivity contribution in [1.82, 2.24) is 14.4 Å². The molecular formula is C15H15N3O3. The molecule has 0 saturated carbocycles. The summed E-state index contributed by atoms with van der Waals surface area (Å²) in [6, 6.07) is 5.40. The van der Waals surface area contributed by atoms with Gasteiger partial charge in [-0.15, -0.1) is 0 Å². The van der Waals surface area contributed by atoms with Crippen LogP contribution in [0.5, 0.6) is 0 Å². The SMILES string of the molecule is C1COCCO1.O=Cc1ccc2ncc3nccn3c2c1. The van der Waals surface area contributed by atoms with Gasteiger partial charge in [-0.05, 0) is 18.2 Å². The third kappa shape index (κ3) is 3.07. The number of nitrogens with zero attached hydrogens (tertiary/aromatic N) is 3. The standard InChI is InChI=1S/C11H7N3O.C4H8O2/c15-7-8-1-2-9-10(5-8)14-4-3-12-11(14)6-13-9;1-2-6-4-3-5-1/h1-7H;1-4H2. The highest BCUT2D eigenvalue weighted by Gasteiger charge is 2.02. The highest BCUT2D eigenvalue weighted by Crippen LogP contribution is 2.14. The smallest absolute Gasteiger partial charge is 0.155 e. The van der Waals surface area contributed by atoms with E-state index in [4.69, 9.17) is 9.47 Å². The molecule has 0 aliphatic carbocycles. The lowest BCUT2D eigenvalue weighted by Crippen LogP contribution is -2.16. The van der Waals surface area contributed by atoms with E-state index in [0.717, 1.165) is 49.4 Å². The molecular weight excluding hydrogens is 270 g/mol. The van der Waals surface area contributed by atoms with Crippen LogP contribution in [0.3, 0.4) is 0 Å². The molecule has 1 fully saturated rings. The molecule has 1 saturated heterocycles. The third-order valence-corrected chi connectivity index (χ3v) is 3.13. The molecule has 6 heteroatoms. The van der Waals surface area contributed by atoms with Gasteiger partial charge in [0.15, 0.2) is 5.65 Å². The van der Waals surface area contributed by atoms with Crippen LogP contribution >= 0.6 is 0 Å².